The molecule has 1 aromatic rings. The van der Waals surface area contributed by atoms with Gasteiger partial charge in [-0.05, 0) is 39.0 Å². The lowest BCUT2D eigenvalue weighted by molar-refractivity contribution is 0.0596. The van der Waals surface area contributed by atoms with Crippen molar-refractivity contribution in [1.29, 1.82) is 0 Å². The maximum atomic E-state index is 11.6. The molecule has 0 aromatic heterocycles. The van der Waals surface area contributed by atoms with Crippen LogP contribution >= 0.6 is 11.6 Å². The predicted octanol–water partition coefficient (Wildman–Crippen LogP) is 3.47. The van der Waals surface area contributed by atoms with Crippen LogP contribution in [-0.2, 0) is 9.47 Å². The Morgan fingerprint density at radius 1 is 1.26 bits per heavy atom. The molecule has 0 unspecified atom stereocenters. The van der Waals surface area contributed by atoms with Gasteiger partial charge in [0.15, 0.2) is 0 Å². The highest BCUT2D eigenvalue weighted by molar-refractivity contribution is 6.33. The van der Waals surface area contributed by atoms with E-state index >= 15 is 0 Å². The van der Waals surface area contributed by atoms with Crippen molar-refractivity contribution < 1.29 is 19.1 Å². The molecule has 1 aromatic carbocycles. The highest BCUT2D eigenvalue weighted by Crippen LogP contribution is 2.24. The van der Waals surface area contributed by atoms with Crippen LogP contribution in [0.2, 0.25) is 5.02 Å². The Labute approximate surface area is 116 Å². The van der Waals surface area contributed by atoms with Gasteiger partial charge in [0.05, 0.1) is 23.4 Å². The number of rotatable bonds is 2. The molecule has 1 N–H and O–H groups in total. The minimum Gasteiger partial charge on any atom is -0.465 e. The summed E-state index contributed by atoms with van der Waals surface area (Å²) >= 11 is 5.94. The standard InChI is InChI=1S/C13H16ClNO4/c1-13(2,3)19-12(17)15-10-7-8(11(16)18-4)5-6-9(10)14/h5-7H,1-4H3,(H,15,17). The molecule has 6 heteroatoms. The molecule has 1 rings (SSSR count). The molecule has 0 aliphatic carbocycles. The zero-order valence-corrected chi connectivity index (χ0v) is 12.0. The number of amides is 1. The van der Waals surface area contributed by atoms with E-state index in [1.54, 1.807) is 20.8 Å². The predicted molar refractivity (Wildman–Crippen MR) is 72.6 cm³/mol. The van der Waals surface area contributed by atoms with Gasteiger partial charge in [-0.1, -0.05) is 11.6 Å². The second-order valence-electron chi connectivity index (χ2n) is 4.81. The number of benzene rings is 1. The largest absolute Gasteiger partial charge is 0.465 e. The second-order valence-corrected chi connectivity index (χ2v) is 5.22. The first-order valence-electron chi connectivity index (χ1n) is 5.61. The van der Waals surface area contributed by atoms with Crippen molar-refractivity contribution in [3.05, 3.63) is 28.8 Å². The van der Waals surface area contributed by atoms with Gasteiger partial charge in [0.1, 0.15) is 5.60 Å². The summed E-state index contributed by atoms with van der Waals surface area (Å²) in [5.74, 6) is -0.510. The molecule has 0 bridgehead atoms. The van der Waals surface area contributed by atoms with Crippen LogP contribution in [0.15, 0.2) is 18.2 Å². The average Bonchev–Trinajstić information content (AvgIpc) is 2.28. The van der Waals surface area contributed by atoms with Gasteiger partial charge in [0, 0.05) is 0 Å². The fraction of sp³-hybridized carbons (Fsp3) is 0.385. The Morgan fingerprint density at radius 3 is 2.42 bits per heavy atom. The summed E-state index contributed by atoms with van der Waals surface area (Å²) in [5, 5.41) is 2.79. The van der Waals surface area contributed by atoms with E-state index in [4.69, 9.17) is 16.3 Å². The van der Waals surface area contributed by atoms with E-state index in [2.05, 4.69) is 10.1 Å². The van der Waals surface area contributed by atoms with Gasteiger partial charge in [0.25, 0.3) is 0 Å². The zero-order valence-electron chi connectivity index (χ0n) is 11.2. The van der Waals surface area contributed by atoms with Crippen LogP contribution in [0.4, 0.5) is 10.5 Å². The molecule has 1 amide bonds. The molecule has 0 heterocycles. The topological polar surface area (TPSA) is 64.6 Å². The first-order chi connectivity index (χ1) is 8.73. The summed E-state index contributed by atoms with van der Waals surface area (Å²) in [6.07, 6.45) is -0.642. The molecule has 0 radical (unpaired) electrons. The lowest BCUT2D eigenvalue weighted by Gasteiger charge is -2.20. The van der Waals surface area contributed by atoms with Gasteiger partial charge in [-0.3, -0.25) is 5.32 Å². The number of hydrogen-bond acceptors (Lipinski definition) is 4. The molecule has 0 atom stereocenters. The van der Waals surface area contributed by atoms with Crippen molar-refractivity contribution >= 4 is 29.4 Å². The smallest absolute Gasteiger partial charge is 0.412 e. The zero-order chi connectivity index (χ0) is 14.6. The number of halogens is 1. The summed E-state index contributed by atoms with van der Waals surface area (Å²) in [6, 6.07) is 4.44. The number of carbonyl (C=O) groups excluding carboxylic acids is 2. The van der Waals surface area contributed by atoms with Crippen molar-refractivity contribution in [3.63, 3.8) is 0 Å². The van der Waals surface area contributed by atoms with Crippen LogP contribution in [-0.4, -0.2) is 24.8 Å². The van der Waals surface area contributed by atoms with Crippen molar-refractivity contribution in [2.75, 3.05) is 12.4 Å². The highest BCUT2D eigenvalue weighted by atomic mass is 35.5. The summed E-state index contributed by atoms with van der Waals surface area (Å²) in [4.78, 5) is 23.0. The maximum absolute atomic E-state index is 11.6. The van der Waals surface area contributed by atoms with E-state index in [1.807, 2.05) is 0 Å². The Balaban J connectivity index is 2.88. The SMILES string of the molecule is COC(=O)c1ccc(Cl)c(NC(=O)OC(C)(C)C)c1. The van der Waals surface area contributed by atoms with Crippen LogP contribution in [0.3, 0.4) is 0 Å². The molecule has 0 fully saturated rings. The van der Waals surface area contributed by atoms with Gasteiger partial charge in [-0.15, -0.1) is 0 Å². The Hall–Kier alpha value is -1.75. The van der Waals surface area contributed by atoms with Crippen molar-refractivity contribution in [2.45, 2.75) is 26.4 Å². The van der Waals surface area contributed by atoms with E-state index < -0.39 is 17.7 Å². The van der Waals surface area contributed by atoms with Crippen LogP contribution in [0, 0.1) is 0 Å². The monoisotopic (exact) mass is 285 g/mol. The molecule has 19 heavy (non-hydrogen) atoms. The van der Waals surface area contributed by atoms with Crippen LogP contribution in [0.1, 0.15) is 31.1 Å². The van der Waals surface area contributed by atoms with Gasteiger partial charge in [-0.25, -0.2) is 9.59 Å². The molecule has 0 saturated heterocycles. The normalized spacial score (nSPS) is 10.8. The molecule has 104 valence electrons. The average molecular weight is 286 g/mol. The number of hydrogen-bond donors (Lipinski definition) is 1. The fourth-order valence-electron chi connectivity index (χ4n) is 1.28. The number of carbonyl (C=O) groups is 2. The summed E-state index contributed by atoms with van der Waals surface area (Å²) in [6.45, 7) is 5.25. The molecular weight excluding hydrogens is 270 g/mol. The Morgan fingerprint density at radius 2 is 1.89 bits per heavy atom. The molecule has 0 spiro atoms. The summed E-state index contributed by atoms with van der Waals surface area (Å²) in [5.41, 5.74) is -0.0342. The second kappa shape index (κ2) is 5.93. The third-order valence-corrected chi connectivity index (χ3v) is 2.35. The van der Waals surface area contributed by atoms with Crippen LogP contribution < -0.4 is 5.32 Å². The van der Waals surface area contributed by atoms with E-state index in [0.717, 1.165) is 0 Å². The van der Waals surface area contributed by atoms with Gasteiger partial charge in [0.2, 0.25) is 0 Å². The lowest BCUT2D eigenvalue weighted by atomic mass is 10.2. The number of esters is 1. The van der Waals surface area contributed by atoms with Gasteiger partial charge in [-0.2, -0.15) is 0 Å². The minimum absolute atomic E-state index is 0.290. The van der Waals surface area contributed by atoms with Crippen molar-refractivity contribution in [3.8, 4) is 0 Å². The summed E-state index contributed by atoms with van der Waals surface area (Å²) in [7, 11) is 1.28. The molecule has 0 saturated carbocycles. The first-order valence-corrected chi connectivity index (χ1v) is 5.98. The Bertz CT molecular complexity index is 494. The maximum Gasteiger partial charge on any atom is 0.412 e. The number of ether oxygens (including phenoxy) is 2. The summed E-state index contributed by atoms with van der Waals surface area (Å²) < 4.78 is 9.69. The van der Waals surface area contributed by atoms with Gasteiger partial charge < -0.3 is 9.47 Å². The number of anilines is 1. The van der Waals surface area contributed by atoms with E-state index in [-0.39, 0.29) is 5.56 Å². The van der Waals surface area contributed by atoms with E-state index in [0.29, 0.717) is 10.7 Å². The molecule has 0 aliphatic rings. The fourth-order valence-corrected chi connectivity index (χ4v) is 1.44. The molecule has 0 aliphatic heterocycles. The van der Waals surface area contributed by atoms with E-state index in [1.165, 1.54) is 25.3 Å². The Kier molecular flexibility index (Phi) is 4.78. The molecular formula is C13H16ClNO4. The first kappa shape index (κ1) is 15.3. The molecule has 5 nitrogen and oxygen atoms in total. The quantitative estimate of drug-likeness (QED) is 0.845. The van der Waals surface area contributed by atoms with Crippen molar-refractivity contribution in [1.82, 2.24) is 0 Å². The van der Waals surface area contributed by atoms with Crippen LogP contribution in [0.5, 0.6) is 0 Å². The number of nitrogens with one attached hydrogen (secondary N) is 1. The van der Waals surface area contributed by atoms with E-state index in [9.17, 15) is 9.59 Å². The highest BCUT2D eigenvalue weighted by Gasteiger charge is 2.18. The van der Waals surface area contributed by atoms with Crippen LogP contribution in [0.25, 0.3) is 0 Å². The third kappa shape index (κ3) is 4.79. The lowest BCUT2D eigenvalue weighted by Crippen LogP contribution is -2.27. The number of methoxy groups -OCH3 is 1. The minimum atomic E-state index is -0.642. The van der Waals surface area contributed by atoms with Crippen molar-refractivity contribution in [2.24, 2.45) is 0 Å². The van der Waals surface area contributed by atoms with Gasteiger partial charge >= 0.3 is 12.1 Å². The third-order valence-electron chi connectivity index (χ3n) is 2.02.